The number of sulfonamides is 1. The summed E-state index contributed by atoms with van der Waals surface area (Å²) in [4.78, 5) is 13.9. The number of nitrogens with zero attached hydrogens (tertiary/aromatic N) is 3. The Hall–Kier alpha value is -1.41. The van der Waals surface area contributed by atoms with Crippen LogP contribution in [0.4, 0.5) is 0 Å². The molecule has 0 unspecified atom stereocenters. The Morgan fingerprint density at radius 2 is 2.17 bits per heavy atom. The van der Waals surface area contributed by atoms with E-state index in [0.717, 1.165) is 12.8 Å². The highest BCUT2D eigenvalue weighted by Crippen LogP contribution is 2.17. The van der Waals surface area contributed by atoms with Gasteiger partial charge in [-0.25, -0.2) is 13.1 Å². The molecule has 0 aliphatic carbocycles. The van der Waals surface area contributed by atoms with Gasteiger partial charge in [0.15, 0.2) is 5.03 Å². The van der Waals surface area contributed by atoms with Crippen molar-refractivity contribution in [2.45, 2.75) is 58.1 Å². The Bertz CT molecular complexity index is 666. The number of piperidine rings is 1. The molecule has 7 nitrogen and oxygen atoms in total. The van der Waals surface area contributed by atoms with E-state index in [1.807, 2.05) is 20.8 Å². The van der Waals surface area contributed by atoms with E-state index < -0.39 is 10.0 Å². The van der Waals surface area contributed by atoms with E-state index in [0.29, 0.717) is 25.3 Å². The summed E-state index contributed by atoms with van der Waals surface area (Å²) in [5, 5.41) is 4.37. The molecule has 0 aromatic carbocycles. The third kappa shape index (κ3) is 4.11. The van der Waals surface area contributed by atoms with Gasteiger partial charge in [-0.3, -0.25) is 9.48 Å². The fourth-order valence-electron chi connectivity index (χ4n) is 2.88. The standard InChI is InChI=1S/C15H26N4O3S/c1-5-19-14(9-12(4)16-19)23(21,22)17-13-7-6-8-18(10-13)15(20)11(2)3/h9,11,13,17H,5-8,10H2,1-4H3/t13-/m1/s1. The average Bonchev–Trinajstić information content (AvgIpc) is 2.88. The molecule has 1 fully saturated rings. The van der Waals surface area contributed by atoms with Crippen molar-refractivity contribution in [1.29, 1.82) is 0 Å². The van der Waals surface area contributed by atoms with Crippen LogP contribution in [-0.2, 0) is 21.4 Å². The largest absolute Gasteiger partial charge is 0.341 e. The Morgan fingerprint density at radius 3 is 2.78 bits per heavy atom. The molecule has 1 saturated heterocycles. The van der Waals surface area contributed by atoms with E-state index in [1.54, 1.807) is 17.9 Å². The van der Waals surface area contributed by atoms with E-state index in [1.165, 1.54) is 4.68 Å². The summed E-state index contributed by atoms with van der Waals surface area (Å²) in [6, 6.07) is 1.32. The third-order valence-corrected chi connectivity index (χ3v) is 5.51. The van der Waals surface area contributed by atoms with Crippen LogP contribution in [-0.4, -0.2) is 48.1 Å². The van der Waals surface area contributed by atoms with Crippen LogP contribution in [0.25, 0.3) is 0 Å². The Labute approximate surface area is 138 Å². The quantitative estimate of drug-likeness (QED) is 0.869. The van der Waals surface area contributed by atoms with Crippen molar-refractivity contribution in [3.63, 3.8) is 0 Å². The maximum atomic E-state index is 12.6. The molecule has 8 heteroatoms. The number of aryl methyl sites for hydroxylation is 2. The maximum Gasteiger partial charge on any atom is 0.258 e. The summed E-state index contributed by atoms with van der Waals surface area (Å²) in [6.45, 7) is 8.96. The first-order valence-corrected chi connectivity index (χ1v) is 9.58. The van der Waals surface area contributed by atoms with Gasteiger partial charge in [0, 0.05) is 31.6 Å². The fraction of sp³-hybridized carbons (Fsp3) is 0.733. The lowest BCUT2D eigenvalue weighted by Crippen LogP contribution is -2.50. The predicted octanol–water partition coefficient (Wildman–Crippen LogP) is 1.14. The molecule has 1 aliphatic heterocycles. The van der Waals surface area contributed by atoms with Crippen LogP contribution in [0.5, 0.6) is 0 Å². The SMILES string of the molecule is CCn1nc(C)cc1S(=O)(=O)N[C@@H]1CCCN(C(=O)C(C)C)C1. The van der Waals surface area contributed by atoms with Crippen molar-refractivity contribution < 1.29 is 13.2 Å². The topological polar surface area (TPSA) is 84.3 Å². The summed E-state index contributed by atoms with van der Waals surface area (Å²) in [5.41, 5.74) is 0.674. The molecule has 23 heavy (non-hydrogen) atoms. The molecule has 0 radical (unpaired) electrons. The zero-order valence-electron chi connectivity index (χ0n) is 14.2. The minimum absolute atomic E-state index is 0.0725. The van der Waals surface area contributed by atoms with Gasteiger partial charge in [0.2, 0.25) is 5.91 Å². The highest BCUT2D eigenvalue weighted by atomic mass is 32.2. The first-order chi connectivity index (χ1) is 10.7. The third-order valence-electron chi connectivity index (χ3n) is 3.99. The van der Waals surface area contributed by atoms with Crippen LogP contribution in [0.1, 0.15) is 39.3 Å². The second kappa shape index (κ2) is 7.00. The molecule has 1 aromatic heterocycles. The molecule has 0 bridgehead atoms. The van der Waals surface area contributed by atoms with E-state index in [4.69, 9.17) is 0 Å². The first kappa shape index (κ1) is 17.9. The van der Waals surface area contributed by atoms with Crippen molar-refractivity contribution in [2.24, 2.45) is 5.92 Å². The number of amides is 1. The van der Waals surface area contributed by atoms with Crippen LogP contribution in [0.2, 0.25) is 0 Å². The lowest BCUT2D eigenvalue weighted by atomic mass is 10.0. The number of likely N-dealkylation sites (tertiary alicyclic amines) is 1. The van der Waals surface area contributed by atoms with E-state index in [-0.39, 0.29) is 22.9 Å². The average molecular weight is 342 g/mol. The van der Waals surface area contributed by atoms with Gasteiger partial charge in [0.1, 0.15) is 0 Å². The fourth-order valence-corrected chi connectivity index (χ4v) is 4.41. The molecule has 1 aromatic rings. The van der Waals surface area contributed by atoms with Crippen molar-refractivity contribution in [3.8, 4) is 0 Å². The Balaban J connectivity index is 2.12. The summed E-state index contributed by atoms with van der Waals surface area (Å²) in [5.74, 6) is -0.00197. The number of rotatable bonds is 5. The maximum absolute atomic E-state index is 12.6. The molecule has 0 spiro atoms. The molecular weight excluding hydrogens is 316 g/mol. The van der Waals surface area contributed by atoms with Crippen LogP contribution in [0.3, 0.4) is 0 Å². The lowest BCUT2D eigenvalue weighted by Gasteiger charge is -2.34. The van der Waals surface area contributed by atoms with Crippen LogP contribution in [0, 0.1) is 12.8 Å². The smallest absolute Gasteiger partial charge is 0.258 e. The number of nitrogens with one attached hydrogen (secondary N) is 1. The van der Waals surface area contributed by atoms with Gasteiger partial charge in [-0.05, 0) is 32.8 Å². The Kier molecular flexibility index (Phi) is 5.46. The predicted molar refractivity (Wildman–Crippen MR) is 87.4 cm³/mol. The van der Waals surface area contributed by atoms with Crippen LogP contribution < -0.4 is 4.72 Å². The van der Waals surface area contributed by atoms with Gasteiger partial charge in [0.25, 0.3) is 10.0 Å². The van der Waals surface area contributed by atoms with Crippen molar-refractivity contribution in [2.75, 3.05) is 13.1 Å². The summed E-state index contributed by atoms with van der Waals surface area (Å²) in [6.07, 6.45) is 1.54. The second-order valence-corrected chi connectivity index (χ2v) is 8.00. The molecular formula is C15H26N4O3S. The van der Waals surface area contributed by atoms with E-state index in [2.05, 4.69) is 9.82 Å². The molecule has 130 valence electrons. The zero-order chi connectivity index (χ0) is 17.2. The number of hydrogen-bond donors (Lipinski definition) is 1. The molecule has 2 rings (SSSR count). The van der Waals surface area contributed by atoms with Gasteiger partial charge >= 0.3 is 0 Å². The Morgan fingerprint density at radius 1 is 1.48 bits per heavy atom. The minimum Gasteiger partial charge on any atom is -0.341 e. The number of hydrogen-bond acceptors (Lipinski definition) is 4. The summed E-state index contributed by atoms with van der Waals surface area (Å²) < 4.78 is 29.5. The molecule has 1 amide bonds. The molecule has 0 saturated carbocycles. The highest BCUT2D eigenvalue weighted by Gasteiger charge is 2.30. The monoisotopic (exact) mass is 342 g/mol. The number of carbonyl (C=O) groups excluding carboxylic acids is 1. The van der Waals surface area contributed by atoms with Gasteiger partial charge < -0.3 is 4.90 Å². The van der Waals surface area contributed by atoms with Gasteiger partial charge in [-0.1, -0.05) is 13.8 Å². The number of carbonyl (C=O) groups is 1. The van der Waals surface area contributed by atoms with Gasteiger partial charge in [0.05, 0.1) is 5.69 Å². The van der Waals surface area contributed by atoms with Crippen molar-refractivity contribution in [3.05, 3.63) is 11.8 Å². The van der Waals surface area contributed by atoms with E-state index >= 15 is 0 Å². The normalized spacial score (nSPS) is 19.3. The molecule has 1 atom stereocenters. The summed E-state index contributed by atoms with van der Waals surface area (Å²) in [7, 11) is -3.64. The minimum atomic E-state index is -3.64. The van der Waals surface area contributed by atoms with Crippen molar-refractivity contribution >= 4 is 15.9 Å². The highest BCUT2D eigenvalue weighted by molar-refractivity contribution is 7.89. The van der Waals surface area contributed by atoms with E-state index in [9.17, 15) is 13.2 Å². The van der Waals surface area contributed by atoms with Gasteiger partial charge in [-0.2, -0.15) is 5.10 Å². The molecule has 1 N–H and O–H groups in total. The zero-order valence-corrected chi connectivity index (χ0v) is 15.1. The summed E-state index contributed by atoms with van der Waals surface area (Å²) >= 11 is 0. The lowest BCUT2D eigenvalue weighted by molar-refractivity contribution is -0.135. The van der Waals surface area contributed by atoms with Crippen LogP contribution >= 0.6 is 0 Å². The molecule has 2 heterocycles. The number of aromatic nitrogens is 2. The van der Waals surface area contributed by atoms with Crippen molar-refractivity contribution in [1.82, 2.24) is 19.4 Å². The molecule has 1 aliphatic rings. The first-order valence-electron chi connectivity index (χ1n) is 8.10. The van der Waals surface area contributed by atoms with Crippen LogP contribution in [0.15, 0.2) is 11.1 Å². The second-order valence-electron chi connectivity index (χ2n) is 6.34. The van der Waals surface area contributed by atoms with Gasteiger partial charge in [-0.15, -0.1) is 0 Å².